The number of benzene rings is 3. The first-order chi connectivity index (χ1) is 16.8. The van der Waals surface area contributed by atoms with Gasteiger partial charge in [-0.25, -0.2) is 4.98 Å². The van der Waals surface area contributed by atoms with Gasteiger partial charge >= 0.3 is 0 Å². The molecule has 0 radical (unpaired) electrons. The topological polar surface area (TPSA) is 49.9 Å². The lowest BCUT2D eigenvalue weighted by molar-refractivity contribution is 0.309. The van der Waals surface area contributed by atoms with Crippen molar-refractivity contribution in [2.75, 3.05) is 19.7 Å². The average molecular weight is 448 g/mol. The Labute approximate surface area is 200 Å². The molecule has 0 fully saturated rings. The molecule has 0 spiro atoms. The van der Waals surface area contributed by atoms with Gasteiger partial charge in [0.25, 0.3) is 0 Å². The van der Waals surface area contributed by atoms with Crippen LogP contribution in [0.4, 0.5) is 0 Å². The second kappa shape index (κ2) is 10.4. The molecule has 5 rings (SSSR count). The number of nitrogens with zero attached hydrogens (tertiary/aromatic N) is 1. The van der Waals surface area contributed by atoms with Gasteiger partial charge in [0, 0.05) is 22.5 Å². The van der Waals surface area contributed by atoms with Crippen LogP contribution in [0.1, 0.15) is 24.5 Å². The molecule has 4 nitrogen and oxygen atoms in total. The first kappa shape index (κ1) is 21.9. The lowest BCUT2D eigenvalue weighted by Crippen LogP contribution is -2.16. The number of ether oxygens (including phenoxy) is 1. The maximum Gasteiger partial charge on any atom is 0.138 e. The molecule has 0 aliphatic carbocycles. The minimum atomic E-state index is 0.724. The number of hydrogen-bond acceptors (Lipinski definition) is 3. The molecule has 4 heteroatoms. The predicted octanol–water partition coefficient (Wildman–Crippen LogP) is 6.93. The van der Waals surface area contributed by atoms with E-state index in [-0.39, 0.29) is 0 Å². The maximum atomic E-state index is 5.87. The molecular formula is C30H29N3O. The Hall–Kier alpha value is -3.89. The van der Waals surface area contributed by atoms with Crippen molar-refractivity contribution < 1.29 is 4.74 Å². The highest BCUT2D eigenvalue weighted by atomic mass is 16.5. The largest absolute Gasteiger partial charge is 0.494 e. The molecule has 34 heavy (non-hydrogen) atoms. The predicted molar refractivity (Wildman–Crippen MR) is 143 cm³/mol. The molecular weight excluding hydrogens is 418 g/mol. The summed E-state index contributed by atoms with van der Waals surface area (Å²) in [5.41, 5.74) is 6.61. The van der Waals surface area contributed by atoms with E-state index in [9.17, 15) is 0 Å². The molecule has 0 saturated heterocycles. The highest BCUT2D eigenvalue weighted by molar-refractivity contribution is 6.07. The van der Waals surface area contributed by atoms with E-state index in [1.165, 1.54) is 22.1 Å². The third kappa shape index (κ3) is 5.03. The van der Waals surface area contributed by atoms with Crippen molar-refractivity contribution in [3.05, 3.63) is 96.2 Å². The van der Waals surface area contributed by atoms with Gasteiger partial charge in [-0.15, -0.1) is 0 Å². The summed E-state index contributed by atoms with van der Waals surface area (Å²) in [6.45, 7) is 4.82. The Morgan fingerprint density at radius 1 is 0.853 bits per heavy atom. The molecule has 2 aromatic heterocycles. The summed E-state index contributed by atoms with van der Waals surface area (Å²) >= 11 is 0. The lowest BCUT2D eigenvalue weighted by Gasteiger charge is -2.08. The van der Waals surface area contributed by atoms with Crippen LogP contribution in [0.25, 0.3) is 45.2 Å². The second-order valence-electron chi connectivity index (χ2n) is 8.37. The van der Waals surface area contributed by atoms with Crippen molar-refractivity contribution >= 4 is 34.1 Å². The summed E-state index contributed by atoms with van der Waals surface area (Å²) in [6.07, 6.45) is 7.15. The molecule has 5 aromatic rings. The summed E-state index contributed by atoms with van der Waals surface area (Å²) in [4.78, 5) is 8.11. The smallest absolute Gasteiger partial charge is 0.138 e. The van der Waals surface area contributed by atoms with Crippen LogP contribution >= 0.6 is 0 Å². The van der Waals surface area contributed by atoms with E-state index in [1.807, 2.05) is 24.4 Å². The fourth-order valence-corrected chi connectivity index (χ4v) is 4.12. The van der Waals surface area contributed by atoms with Gasteiger partial charge in [0.2, 0.25) is 0 Å². The molecule has 0 aliphatic heterocycles. The van der Waals surface area contributed by atoms with Crippen LogP contribution in [0, 0.1) is 0 Å². The van der Waals surface area contributed by atoms with Gasteiger partial charge in [-0.2, -0.15) is 0 Å². The van der Waals surface area contributed by atoms with Crippen molar-refractivity contribution in [1.29, 1.82) is 0 Å². The summed E-state index contributed by atoms with van der Waals surface area (Å²) in [5, 5.41) is 5.63. The van der Waals surface area contributed by atoms with E-state index < -0.39 is 0 Å². The van der Waals surface area contributed by atoms with Crippen molar-refractivity contribution in [2.45, 2.75) is 13.3 Å². The molecule has 0 saturated carbocycles. The Morgan fingerprint density at radius 3 is 2.47 bits per heavy atom. The standard InChI is InChI=1S/C30H29N3O/c1-2-31-17-6-18-34-26-14-11-24(12-15-26)25-13-16-29-27(20-25)28-19-23(21-32-30(28)33-29)10-9-22-7-4-3-5-8-22/h3-5,7-16,19-21,31H,2,6,17-18H2,1H3,(H,32,33)/b10-9+. The van der Waals surface area contributed by atoms with Gasteiger partial charge < -0.3 is 15.0 Å². The lowest BCUT2D eigenvalue weighted by atomic mass is 10.0. The fraction of sp³-hybridized carbons (Fsp3) is 0.167. The minimum absolute atomic E-state index is 0.724. The van der Waals surface area contributed by atoms with Crippen LogP contribution in [-0.4, -0.2) is 29.7 Å². The number of nitrogens with one attached hydrogen (secondary N) is 2. The van der Waals surface area contributed by atoms with Gasteiger partial charge in [0.1, 0.15) is 11.4 Å². The maximum absolute atomic E-state index is 5.87. The summed E-state index contributed by atoms with van der Waals surface area (Å²) in [7, 11) is 0. The van der Waals surface area contributed by atoms with E-state index in [4.69, 9.17) is 4.74 Å². The molecule has 0 unspecified atom stereocenters. The number of aromatic amines is 1. The Morgan fingerprint density at radius 2 is 1.65 bits per heavy atom. The number of rotatable bonds is 9. The number of hydrogen-bond donors (Lipinski definition) is 2. The first-order valence-electron chi connectivity index (χ1n) is 11.9. The Balaban J connectivity index is 1.37. The quantitative estimate of drug-likeness (QED) is 0.241. The van der Waals surface area contributed by atoms with Crippen LogP contribution in [0.15, 0.2) is 85.1 Å². The zero-order valence-corrected chi connectivity index (χ0v) is 19.4. The summed E-state index contributed by atoms with van der Waals surface area (Å²) in [5.74, 6) is 0.910. The first-order valence-corrected chi connectivity index (χ1v) is 11.9. The van der Waals surface area contributed by atoms with Crippen LogP contribution in [0.2, 0.25) is 0 Å². The van der Waals surface area contributed by atoms with Crippen LogP contribution in [0.5, 0.6) is 5.75 Å². The van der Waals surface area contributed by atoms with Crippen molar-refractivity contribution in [3.63, 3.8) is 0 Å². The van der Waals surface area contributed by atoms with Gasteiger partial charge in [0.05, 0.1) is 6.61 Å². The van der Waals surface area contributed by atoms with Crippen molar-refractivity contribution in [2.24, 2.45) is 0 Å². The van der Waals surface area contributed by atoms with Gasteiger partial charge in [-0.05, 0) is 72.1 Å². The van der Waals surface area contributed by atoms with Crippen LogP contribution in [-0.2, 0) is 0 Å². The normalized spacial score (nSPS) is 11.6. The molecule has 2 heterocycles. The molecule has 0 atom stereocenters. The van der Waals surface area contributed by atoms with Crippen LogP contribution < -0.4 is 10.1 Å². The Kier molecular flexibility index (Phi) is 6.68. The molecule has 170 valence electrons. The van der Waals surface area contributed by atoms with E-state index in [0.29, 0.717) is 0 Å². The number of aromatic nitrogens is 2. The average Bonchev–Trinajstić information content (AvgIpc) is 3.25. The number of H-pyrrole nitrogens is 1. The van der Waals surface area contributed by atoms with Gasteiger partial charge in [-0.1, -0.05) is 67.6 Å². The second-order valence-corrected chi connectivity index (χ2v) is 8.37. The molecule has 3 aromatic carbocycles. The van der Waals surface area contributed by atoms with Gasteiger partial charge in [-0.3, -0.25) is 0 Å². The highest BCUT2D eigenvalue weighted by Gasteiger charge is 2.08. The SMILES string of the molecule is CCNCCCOc1ccc(-c2ccc3[nH]c4ncc(/C=C/c5ccccc5)cc4c3c2)cc1. The number of pyridine rings is 1. The number of fused-ring (bicyclic) bond motifs is 3. The van der Waals surface area contributed by atoms with E-state index >= 15 is 0 Å². The molecule has 0 aliphatic rings. The zero-order valence-electron chi connectivity index (χ0n) is 19.4. The minimum Gasteiger partial charge on any atom is -0.494 e. The van der Waals surface area contributed by atoms with Crippen molar-refractivity contribution in [3.8, 4) is 16.9 Å². The highest BCUT2D eigenvalue weighted by Crippen LogP contribution is 2.31. The van der Waals surface area contributed by atoms with E-state index in [0.717, 1.165) is 54.0 Å². The fourth-order valence-electron chi connectivity index (χ4n) is 4.12. The third-order valence-corrected chi connectivity index (χ3v) is 5.94. The summed E-state index contributed by atoms with van der Waals surface area (Å²) < 4.78 is 5.87. The molecule has 0 amide bonds. The molecule has 2 N–H and O–H groups in total. The van der Waals surface area contributed by atoms with Crippen molar-refractivity contribution in [1.82, 2.24) is 15.3 Å². The summed E-state index contributed by atoms with van der Waals surface area (Å²) in [6, 6.07) is 27.4. The monoisotopic (exact) mass is 447 g/mol. The van der Waals surface area contributed by atoms with Crippen LogP contribution in [0.3, 0.4) is 0 Å². The third-order valence-electron chi connectivity index (χ3n) is 5.94. The van der Waals surface area contributed by atoms with E-state index in [2.05, 4.69) is 95.0 Å². The van der Waals surface area contributed by atoms with Gasteiger partial charge in [0.15, 0.2) is 0 Å². The van der Waals surface area contributed by atoms with E-state index in [1.54, 1.807) is 0 Å². The molecule has 0 bridgehead atoms. The Bertz CT molecular complexity index is 1400. The zero-order chi connectivity index (χ0) is 23.2.